The first kappa shape index (κ1) is 9.73. The summed E-state index contributed by atoms with van der Waals surface area (Å²) in [6.45, 7) is 0. The first-order valence-electron chi connectivity index (χ1n) is 3.96. The highest BCUT2D eigenvalue weighted by Gasteiger charge is 2.13. The molecule has 74 valence electrons. The molecular weight excluding hydrogens is 266 g/mol. The van der Waals surface area contributed by atoms with E-state index in [2.05, 4.69) is 20.9 Å². The van der Waals surface area contributed by atoms with E-state index < -0.39 is 9.84 Å². The summed E-state index contributed by atoms with van der Waals surface area (Å²) in [4.78, 5) is 3.27. The first-order chi connectivity index (χ1) is 6.50. The zero-order chi connectivity index (χ0) is 10.3. The number of aromatic amines is 1. The molecule has 3 nitrogen and oxygen atoms in total. The lowest BCUT2D eigenvalue weighted by atomic mass is 10.2. The van der Waals surface area contributed by atoms with Gasteiger partial charge in [-0.15, -0.1) is 0 Å². The summed E-state index contributed by atoms with van der Waals surface area (Å²) in [5.41, 5.74) is 0.655. The van der Waals surface area contributed by atoms with Crippen LogP contribution < -0.4 is 0 Å². The highest BCUT2D eigenvalue weighted by molar-refractivity contribution is 9.10. The van der Waals surface area contributed by atoms with Crippen molar-refractivity contribution in [1.82, 2.24) is 4.98 Å². The minimum Gasteiger partial charge on any atom is -0.359 e. The van der Waals surface area contributed by atoms with Crippen LogP contribution in [0.5, 0.6) is 0 Å². The molecule has 1 N–H and O–H groups in total. The highest BCUT2D eigenvalue weighted by Crippen LogP contribution is 2.27. The molecule has 0 aliphatic heterocycles. The number of H-pyrrole nitrogens is 1. The van der Waals surface area contributed by atoms with Gasteiger partial charge in [-0.1, -0.05) is 12.1 Å². The van der Waals surface area contributed by atoms with Crippen molar-refractivity contribution in [2.75, 3.05) is 6.26 Å². The molecule has 1 aromatic heterocycles. The fraction of sp³-hybridized carbons (Fsp3) is 0.111. The number of sulfone groups is 1. The molecule has 0 amide bonds. The lowest BCUT2D eigenvalue weighted by molar-refractivity contribution is 0.602. The zero-order valence-corrected chi connectivity index (χ0v) is 9.81. The van der Waals surface area contributed by atoms with Crippen LogP contribution in [0.2, 0.25) is 0 Å². The van der Waals surface area contributed by atoms with Crippen LogP contribution in [0.15, 0.2) is 33.8 Å². The van der Waals surface area contributed by atoms with Gasteiger partial charge in [-0.25, -0.2) is 8.42 Å². The van der Waals surface area contributed by atoms with E-state index in [1.165, 1.54) is 6.26 Å². The SMILES string of the molecule is CS(=O)(=O)c1cccc2c(Br)c[nH]c12. The van der Waals surface area contributed by atoms with Crippen molar-refractivity contribution in [2.45, 2.75) is 4.90 Å². The second kappa shape index (κ2) is 3.10. The lowest BCUT2D eigenvalue weighted by Gasteiger charge is -1.99. The molecule has 0 aliphatic rings. The van der Waals surface area contributed by atoms with Gasteiger partial charge in [0, 0.05) is 22.3 Å². The Bertz CT molecular complexity index is 586. The second-order valence-corrected chi connectivity index (χ2v) is 5.93. The van der Waals surface area contributed by atoms with Gasteiger partial charge in [0.05, 0.1) is 10.4 Å². The number of para-hydroxylation sites is 1. The van der Waals surface area contributed by atoms with Crippen LogP contribution in [0.4, 0.5) is 0 Å². The van der Waals surface area contributed by atoms with Crippen molar-refractivity contribution in [3.8, 4) is 0 Å². The van der Waals surface area contributed by atoms with Gasteiger partial charge in [0.1, 0.15) is 0 Å². The van der Waals surface area contributed by atoms with Crippen molar-refractivity contribution < 1.29 is 8.42 Å². The summed E-state index contributed by atoms with van der Waals surface area (Å²) < 4.78 is 23.7. The quantitative estimate of drug-likeness (QED) is 0.867. The number of nitrogens with one attached hydrogen (secondary N) is 1. The summed E-state index contributed by atoms with van der Waals surface area (Å²) >= 11 is 3.34. The second-order valence-electron chi connectivity index (χ2n) is 3.09. The van der Waals surface area contributed by atoms with Gasteiger partial charge in [-0.05, 0) is 22.0 Å². The molecule has 0 unspecified atom stereocenters. The van der Waals surface area contributed by atoms with Crippen LogP contribution >= 0.6 is 15.9 Å². The third-order valence-corrected chi connectivity index (χ3v) is 3.82. The van der Waals surface area contributed by atoms with Crippen LogP contribution in [-0.2, 0) is 9.84 Å². The van der Waals surface area contributed by atoms with Crippen molar-refractivity contribution in [3.05, 3.63) is 28.9 Å². The van der Waals surface area contributed by atoms with Crippen LogP contribution in [-0.4, -0.2) is 19.7 Å². The molecule has 2 aromatic rings. The molecule has 1 heterocycles. The topological polar surface area (TPSA) is 49.9 Å². The van der Waals surface area contributed by atoms with Crippen LogP contribution in [0.3, 0.4) is 0 Å². The molecular formula is C9H8BrNO2S. The summed E-state index contributed by atoms with van der Waals surface area (Å²) in [5.74, 6) is 0. The Morgan fingerprint density at radius 1 is 1.36 bits per heavy atom. The van der Waals surface area contributed by atoms with Crippen molar-refractivity contribution in [3.63, 3.8) is 0 Å². The molecule has 2 rings (SSSR count). The van der Waals surface area contributed by atoms with E-state index in [1.807, 2.05) is 6.07 Å². The van der Waals surface area contributed by atoms with Gasteiger partial charge in [0.2, 0.25) is 0 Å². The molecule has 1 aromatic carbocycles. The Labute approximate surface area is 90.2 Å². The maximum absolute atomic E-state index is 11.4. The van der Waals surface area contributed by atoms with Gasteiger partial charge in [0.15, 0.2) is 9.84 Å². The lowest BCUT2D eigenvalue weighted by Crippen LogP contribution is -1.97. The van der Waals surface area contributed by atoms with Crippen LogP contribution in [0, 0.1) is 0 Å². The molecule has 0 saturated heterocycles. The van der Waals surface area contributed by atoms with E-state index >= 15 is 0 Å². The maximum atomic E-state index is 11.4. The van der Waals surface area contributed by atoms with Gasteiger partial charge < -0.3 is 4.98 Å². The first-order valence-corrected chi connectivity index (χ1v) is 6.64. The monoisotopic (exact) mass is 273 g/mol. The summed E-state index contributed by atoms with van der Waals surface area (Å²) in [6, 6.07) is 5.20. The molecule has 0 atom stereocenters. The molecule has 0 bridgehead atoms. The van der Waals surface area contributed by atoms with Gasteiger partial charge >= 0.3 is 0 Å². The minimum atomic E-state index is -3.17. The molecule has 0 fully saturated rings. The Balaban J connectivity index is 2.92. The van der Waals surface area contributed by atoms with E-state index in [0.29, 0.717) is 10.4 Å². The number of rotatable bonds is 1. The van der Waals surface area contributed by atoms with E-state index in [-0.39, 0.29) is 0 Å². The van der Waals surface area contributed by atoms with Crippen molar-refractivity contribution >= 4 is 36.7 Å². The summed E-state index contributed by atoms with van der Waals surface area (Å²) in [6.07, 6.45) is 2.94. The smallest absolute Gasteiger partial charge is 0.177 e. The molecule has 5 heteroatoms. The third kappa shape index (κ3) is 1.46. The molecule has 0 saturated carbocycles. The Kier molecular flexibility index (Phi) is 2.16. The van der Waals surface area contributed by atoms with E-state index in [9.17, 15) is 8.42 Å². The fourth-order valence-electron chi connectivity index (χ4n) is 1.40. The normalized spacial score (nSPS) is 12.1. The molecule has 0 spiro atoms. The largest absolute Gasteiger partial charge is 0.359 e. The Morgan fingerprint density at radius 3 is 2.71 bits per heavy atom. The molecule has 14 heavy (non-hydrogen) atoms. The third-order valence-electron chi connectivity index (χ3n) is 2.03. The van der Waals surface area contributed by atoms with Crippen LogP contribution in [0.1, 0.15) is 0 Å². The maximum Gasteiger partial charge on any atom is 0.177 e. The Hall–Kier alpha value is -0.810. The van der Waals surface area contributed by atoms with Crippen LogP contribution in [0.25, 0.3) is 10.9 Å². The van der Waals surface area contributed by atoms with Crippen molar-refractivity contribution in [2.24, 2.45) is 0 Å². The number of hydrogen-bond donors (Lipinski definition) is 1. The van der Waals surface area contributed by atoms with E-state index in [1.54, 1.807) is 18.3 Å². The number of benzene rings is 1. The number of halogens is 1. The average molecular weight is 274 g/mol. The Morgan fingerprint density at radius 2 is 2.07 bits per heavy atom. The summed E-state index contributed by atoms with van der Waals surface area (Å²) in [7, 11) is -3.17. The standard InChI is InChI=1S/C9H8BrNO2S/c1-14(12,13)8-4-2-3-6-7(10)5-11-9(6)8/h2-5,11H,1H3. The number of fused-ring (bicyclic) bond motifs is 1. The fourth-order valence-corrected chi connectivity index (χ4v) is 2.71. The van der Waals surface area contributed by atoms with Crippen molar-refractivity contribution in [1.29, 1.82) is 0 Å². The predicted octanol–water partition coefficient (Wildman–Crippen LogP) is 2.33. The van der Waals surface area contributed by atoms with E-state index in [4.69, 9.17) is 0 Å². The van der Waals surface area contributed by atoms with Gasteiger partial charge in [0.25, 0.3) is 0 Å². The highest BCUT2D eigenvalue weighted by atomic mass is 79.9. The number of aromatic nitrogens is 1. The summed E-state index contributed by atoms with van der Waals surface area (Å²) in [5, 5.41) is 0.882. The molecule has 0 aliphatic carbocycles. The van der Waals surface area contributed by atoms with E-state index in [0.717, 1.165) is 9.86 Å². The zero-order valence-electron chi connectivity index (χ0n) is 7.41. The predicted molar refractivity (Wildman–Crippen MR) is 59.1 cm³/mol. The molecule has 0 radical (unpaired) electrons. The number of hydrogen-bond acceptors (Lipinski definition) is 2. The average Bonchev–Trinajstić information content (AvgIpc) is 2.46. The van der Waals surface area contributed by atoms with Gasteiger partial charge in [-0.3, -0.25) is 0 Å². The minimum absolute atomic E-state index is 0.334. The van der Waals surface area contributed by atoms with Gasteiger partial charge in [-0.2, -0.15) is 0 Å².